The number of aliphatic hydroxyl groups is 1. The van der Waals surface area contributed by atoms with Gasteiger partial charge in [-0.05, 0) is 37.3 Å². The first-order valence-corrected chi connectivity index (χ1v) is 6.48. The third kappa shape index (κ3) is 3.04. The third-order valence-corrected chi connectivity index (χ3v) is 3.67. The minimum Gasteiger partial charge on any atom is -0.508 e. The van der Waals surface area contributed by atoms with Crippen LogP contribution in [0.1, 0.15) is 36.5 Å². The molecule has 1 saturated carbocycles. The van der Waals surface area contributed by atoms with Gasteiger partial charge in [-0.1, -0.05) is 6.92 Å². The molecule has 1 atom stereocenters. The minimum absolute atomic E-state index is 0.0518. The van der Waals surface area contributed by atoms with Crippen molar-refractivity contribution in [1.82, 2.24) is 5.32 Å². The van der Waals surface area contributed by atoms with Crippen LogP contribution in [0, 0.1) is 11.7 Å². The Kier molecular flexibility index (Phi) is 4.04. The van der Waals surface area contributed by atoms with Crippen LogP contribution in [0.3, 0.4) is 0 Å². The van der Waals surface area contributed by atoms with Crippen molar-refractivity contribution in [2.45, 2.75) is 38.3 Å². The Morgan fingerprint density at radius 2 is 2.21 bits per heavy atom. The van der Waals surface area contributed by atoms with Crippen molar-refractivity contribution >= 4 is 5.91 Å². The molecule has 1 aromatic carbocycles. The quantitative estimate of drug-likeness (QED) is 0.779. The van der Waals surface area contributed by atoms with Gasteiger partial charge in [0, 0.05) is 12.1 Å². The number of carbonyl (C=O) groups excluding carboxylic acids is 1. The maximum atomic E-state index is 13.6. The summed E-state index contributed by atoms with van der Waals surface area (Å²) in [6.07, 6.45) is 1.82. The molecule has 0 unspecified atom stereocenters. The molecule has 0 aliphatic heterocycles. The lowest BCUT2D eigenvalue weighted by atomic mass is 9.76. The first kappa shape index (κ1) is 13.8. The highest BCUT2D eigenvalue weighted by Gasteiger charge is 2.34. The van der Waals surface area contributed by atoms with Gasteiger partial charge in [0.15, 0.2) is 0 Å². The number of benzene rings is 1. The predicted octanol–water partition coefficient (Wildman–Crippen LogP) is 1.81. The Morgan fingerprint density at radius 1 is 1.53 bits per heavy atom. The van der Waals surface area contributed by atoms with Crippen LogP contribution in [0.25, 0.3) is 0 Å². The van der Waals surface area contributed by atoms with Crippen LogP contribution >= 0.6 is 0 Å². The van der Waals surface area contributed by atoms with E-state index in [9.17, 15) is 14.3 Å². The molecule has 1 aliphatic rings. The average Bonchev–Trinajstić information content (AvgIpc) is 2.32. The second-order valence-corrected chi connectivity index (χ2v) is 5.04. The van der Waals surface area contributed by atoms with Crippen LogP contribution in [-0.2, 0) is 0 Å². The van der Waals surface area contributed by atoms with Crippen molar-refractivity contribution < 1.29 is 19.4 Å². The summed E-state index contributed by atoms with van der Waals surface area (Å²) in [7, 11) is 0. The Balaban J connectivity index is 2.03. The molecule has 2 rings (SSSR count). The maximum Gasteiger partial charge on any atom is 0.254 e. The van der Waals surface area contributed by atoms with Gasteiger partial charge in [-0.25, -0.2) is 4.39 Å². The number of hydrogen-bond donors (Lipinski definition) is 3. The van der Waals surface area contributed by atoms with Gasteiger partial charge >= 0.3 is 0 Å². The van der Waals surface area contributed by atoms with Gasteiger partial charge in [0.2, 0.25) is 0 Å². The number of rotatable bonds is 4. The van der Waals surface area contributed by atoms with Gasteiger partial charge in [0.1, 0.15) is 11.6 Å². The van der Waals surface area contributed by atoms with E-state index in [1.807, 2.05) is 6.92 Å². The van der Waals surface area contributed by atoms with Crippen molar-refractivity contribution in [2.24, 2.45) is 5.92 Å². The maximum absolute atomic E-state index is 13.6. The fraction of sp³-hybridized carbons (Fsp3) is 0.500. The Labute approximate surface area is 111 Å². The molecule has 1 aromatic rings. The summed E-state index contributed by atoms with van der Waals surface area (Å²) in [5, 5.41) is 21.2. The number of phenols is 1. The zero-order valence-electron chi connectivity index (χ0n) is 10.8. The number of amides is 1. The standard InChI is InChI=1S/C14H18FNO3/c1-2-13(8-5-10(18)6-8)16-14(19)11-4-3-9(17)7-12(11)15/h3-4,7-8,10,13,17-18H,2,5-6H2,1H3,(H,16,19)/t8?,10?,13-/m1/s1. The number of phenolic OH excluding ortho intramolecular Hbond substituents is 1. The van der Waals surface area contributed by atoms with E-state index in [1.165, 1.54) is 12.1 Å². The number of aliphatic hydroxyl groups excluding tert-OH is 1. The van der Waals surface area contributed by atoms with Gasteiger partial charge in [-0.3, -0.25) is 4.79 Å². The second kappa shape index (κ2) is 5.57. The molecule has 0 spiro atoms. The SMILES string of the molecule is CC[C@@H](NC(=O)c1ccc(O)cc1F)C1CC(O)C1. The number of carbonyl (C=O) groups is 1. The van der Waals surface area contributed by atoms with Crippen molar-refractivity contribution in [1.29, 1.82) is 0 Å². The smallest absolute Gasteiger partial charge is 0.254 e. The lowest BCUT2D eigenvalue weighted by molar-refractivity contribution is 0.0232. The molecule has 5 heteroatoms. The molecule has 3 N–H and O–H groups in total. The van der Waals surface area contributed by atoms with Gasteiger partial charge in [-0.15, -0.1) is 0 Å². The van der Waals surface area contributed by atoms with E-state index >= 15 is 0 Å². The Bertz CT molecular complexity index is 472. The monoisotopic (exact) mass is 267 g/mol. The van der Waals surface area contributed by atoms with Gasteiger partial charge in [0.25, 0.3) is 5.91 Å². The van der Waals surface area contributed by atoms with E-state index in [4.69, 9.17) is 5.11 Å². The largest absolute Gasteiger partial charge is 0.508 e. The van der Waals surface area contributed by atoms with E-state index in [1.54, 1.807) is 0 Å². The van der Waals surface area contributed by atoms with Crippen molar-refractivity contribution in [3.8, 4) is 5.75 Å². The van der Waals surface area contributed by atoms with Crippen molar-refractivity contribution in [3.63, 3.8) is 0 Å². The zero-order valence-corrected chi connectivity index (χ0v) is 10.8. The third-order valence-electron chi connectivity index (χ3n) is 3.67. The first-order valence-electron chi connectivity index (χ1n) is 6.48. The molecule has 19 heavy (non-hydrogen) atoms. The average molecular weight is 267 g/mol. The van der Waals surface area contributed by atoms with E-state index in [0.717, 1.165) is 12.5 Å². The van der Waals surface area contributed by atoms with Gasteiger partial charge < -0.3 is 15.5 Å². The highest BCUT2D eigenvalue weighted by molar-refractivity contribution is 5.94. The number of hydrogen-bond acceptors (Lipinski definition) is 3. The summed E-state index contributed by atoms with van der Waals surface area (Å²) in [5.41, 5.74) is -0.0730. The molecule has 0 bridgehead atoms. The lowest BCUT2D eigenvalue weighted by Crippen LogP contribution is -2.46. The number of nitrogens with one attached hydrogen (secondary N) is 1. The summed E-state index contributed by atoms with van der Waals surface area (Å²) in [6.45, 7) is 1.95. The molecule has 1 amide bonds. The number of aromatic hydroxyl groups is 1. The summed E-state index contributed by atoms with van der Waals surface area (Å²) in [6, 6.07) is 3.42. The number of halogens is 1. The van der Waals surface area contributed by atoms with E-state index in [-0.39, 0.29) is 29.4 Å². The fourth-order valence-electron chi connectivity index (χ4n) is 2.45. The van der Waals surface area contributed by atoms with Crippen LogP contribution < -0.4 is 5.32 Å². The van der Waals surface area contributed by atoms with E-state index in [2.05, 4.69) is 5.32 Å². The molecule has 1 fully saturated rings. The Hall–Kier alpha value is -1.62. The summed E-state index contributed by atoms with van der Waals surface area (Å²) >= 11 is 0. The molecular weight excluding hydrogens is 249 g/mol. The zero-order chi connectivity index (χ0) is 14.0. The molecule has 0 radical (unpaired) electrons. The van der Waals surface area contributed by atoms with Gasteiger partial charge in [0.05, 0.1) is 11.7 Å². The Morgan fingerprint density at radius 3 is 2.74 bits per heavy atom. The van der Waals surface area contributed by atoms with E-state index < -0.39 is 11.7 Å². The van der Waals surface area contributed by atoms with Crippen LogP contribution in [0.15, 0.2) is 18.2 Å². The van der Waals surface area contributed by atoms with Gasteiger partial charge in [-0.2, -0.15) is 0 Å². The van der Waals surface area contributed by atoms with Crippen molar-refractivity contribution in [3.05, 3.63) is 29.6 Å². The summed E-state index contributed by atoms with van der Waals surface area (Å²) in [5.74, 6) is -1.17. The minimum atomic E-state index is -0.735. The van der Waals surface area contributed by atoms with Crippen LogP contribution in [-0.4, -0.2) is 28.3 Å². The molecule has 0 aromatic heterocycles. The fourth-order valence-corrected chi connectivity index (χ4v) is 2.45. The predicted molar refractivity (Wildman–Crippen MR) is 68.3 cm³/mol. The second-order valence-electron chi connectivity index (χ2n) is 5.04. The van der Waals surface area contributed by atoms with Crippen LogP contribution in [0.4, 0.5) is 4.39 Å². The molecule has 4 nitrogen and oxygen atoms in total. The molecular formula is C14H18FNO3. The van der Waals surface area contributed by atoms with E-state index in [0.29, 0.717) is 12.8 Å². The topological polar surface area (TPSA) is 69.6 Å². The first-order chi connectivity index (χ1) is 9.01. The normalized spacial score (nSPS) is 23.5. The van der Waals surface area contributed by atoms with Crippen LogP contribution in [0.2, 0.25) is 0 Å². The summed E-state index contributed by atoms with van der Waals surface area (Å²) in [4.78, 5) is 12.0. The van der Waals surface area contributed by atoms with Crippen LogP contribution in [0.5, 0.6) is 5.75 Å². The lowest BCUT2D eigenvalue weighted by Gasteiger charge is -2.37. The highest BCUT2D eigenvalue weighted by Crippen LogP contribution is 2.31. The van der Waals surface area contributed by atoms with Crippen molar-refractivity contribution in [2.75, 3.05) is 0 Å². The summed E-state index contributed by atoms with van der Waals surface area (Å²) < 4.78 is 13.6. The molecule has 104 valence electrons. The highest BCUT2D eigenvalue weighted by atomic mass is 19.1. The molecule has 0 heterocycles. The molecule has 1 aliphatic carbocycles. The molecule has 0 saturated heterocycles.